The lowest BCUT2D eigenvalue weighted by atomic mass is 9.71. The van der Waals surface area contributed by atoms with E-state index in [1.807, 2.05) is 0 Å². The molecule has 1 aromatic rings. The van der Waals surface area contributed by atoms with E-state index in [-0.39, 0.29) is 29.3 Å². The predicted molar refractivity (Wildman–Crippen MR) is 78.8 cm³/mol. The van der Waals surface area contributed by atoms with E-state index >= 15 is 0 Å². The Morgan fingerprint density at radius 3 is 2.57 bits per heavy atom. The Kier molecular flexibility index (Phi) is 3.99. The first-order valence-electron chi connectivity index (χ1n) is 6.94. The van der Waals surface area contributed by atoms with Crippen LogP contribution in [0, 0.1) is 15.5 Å². The average Bonchev–Trinajstić information content (AvgIpc) is 2.40. The van der Waals surface area contributed by atoms with Gasteiger partial charge < -0.3 is 16.2 Å². The van der Waals surface area contributed by atoms with Crippen LogP contribution in [0.1, 0.15) is 39.5 Å². The molecule has 0 aromatic carbocycles. The van der Waals surface area contributed by atoms with Crippen LogP contribution in [-0.4, -0.2) is 32.1 Å². The van der Waals surface area contributed by atoms with Gasteiger partial charge in [0, 0.05) is 6.54 Å². The van der Waals surface area contributed by atoms with Crippen LogP contribution in [0.3, 0.4) is 0 Å². The lowest BCUT2D eigenvalue weighted by molar-refractivity contribution is -0.383. The minimum atomic E-state index is -0.872. The number of hydrogen-bond acceptors (Lipinski definition) is 7. The number of hydrogen-bond donors (Lipinski definition) is 3. The molecule has 1 heterocycles. The smallest absolute Gasteiger partial charge is 0.352 e. The van der Waals surface area contributed by atoms with Crippen molar-refractivity contribution in [1.29, 1.82) is 0 Å². The van der Waals surface area contributed by atoms with Crippen LogP contribution >= 0.6 is 0 Å². The van der Waals surface area contributed by atoms with E-state index in [1.54, 1.807) is 0 Å². The first-order chi connectivity index (χ1) is 9.72. The molecule has 1 aromatic heterocycles. The topological polar surface area (TPSA) is 127 Å². The summed E-state index contributed by atoms with van der Waals surface area (Å²) in [4.78, 5) is 17.8. The largest absolute Gasteiger partial charge is 0.388 e. The standard InChI is InChI=1S/C13H21N5O3/c1-12(2)3-5-13(19,6-4-12)7-15-11-9(18(20)21)10(14)16-8-17-11/h8,19H,3-7H2,1-2H3,(H3,14,15,16,17). The summed E-state index contributed by atoms with van der Waals surface area (Å²) in [6.45, 7) is 4.56. The SMILES string of the molecule is CC1(C)CCC(O)(CNc2ncnc(N)c2[N+](=O)[O-])CC1. The van der Waals surface area contributed by atoms with Crippen molar-refractivity contribution in [3.8, 4) is 0 Å². The van der Waals surface area contributed by atoms with Gasteiger partial charge in [0.25, 0.3) is 0 Å². The molecule has 1 aliphatic carbocycles. The van der Waals surface area contributed by atoms with Gasteiger partial charge in [0.15, 0.2) is 0 Å². The second-order valence-corrected chi connectivity index (χ2v) is 6.46. The number of aliphatic hydroxyl groups is 1. The molecule has 0 amide bonds. The summed E-state index contributed by atoms with van der Waals surface area (Å²) in [5.41, 5.74) is 4.52. The predicted octanol–water partition coefficient (Wildman–Crippen LogP) is 1.71. The van der Waals surface area contributed by atoms with E-state index in [0.29, 0.717) is 12.8 Å². The third kappa shape index (κ3) is 3.57. The summed E-state index contributed by atoms with van der Waals surface area (Å²) < 4.78 is 0. The molecule has 0 atom stereocenters. The molecule has 1 fully saturated rings. The Morgan fingerprint density at radius 2 is 2.00 bits per heavy atom. The zero-order valence-corrected chi connectivity index (χ0v) is 12.3. The molecule has 0 aliphatic heterocycles. The highest BCUT2D eigenvalue weighted by atomic mass is 16.6. The van der Waals surface area contributed by atoms with Crippen molar-refractivity contribution in [3.05, 3.63) is 16.4 Å². The first kappa shape index (κ1) is 15.4. The van der Waals surface area contributed by atoms with Crippen molar-refractivity contribution in [3.63, 3.8) is 0 Å². The zero-order chi connectivity index (χ0) is 15.7. The van der Waals surface area contributed by atoms with Gasteiger partial charge in [-0.2, -0.15) is 0 Å². The average molecular weight is 295 g/mol. The van der Waals surface area contributed by atoms with Gasteiger partial charge in [0.1, 0.15) is 6.33 Å². The summed E-state index contributed by atoms with van der Waals surface area (Å²) >= 11 is 0. The molecule has 1 aliphatic rings. The van der Waals surface area contributed by atoms with Crippen LogP contribution in [0.15, 0.2) is 6.33 Å². The minimum absolute atomic E-state index is 0.0470. The van der Waals surface area contributed by atoms with E-state index in [2.05, 4.69) is 29.1 Å². The number of nitrogens with one attached hydrogen (secondary N) is 1. The maximum Gasteiger partial charge on any atom is 0.352 e. The Balaban J connectivity index is 2.07. The van der Waals surface area contributed by atoms with Gasteiger partial charge in [-0.05, 0) is 31.1 Å². The van der Waals surface area contributed by atoms with Gasteiger partial charge in [0.05, 0.1) is 10.5 Å². The fraction of sp³-hybridized carbons (Fsp3) is 0.692. The van der Waals surface area contributed by atoms with E-state index in [1.165, 1.54) is 6.33 Å². The van der Waals surface area contributed by atoms with Gasteiger partial charge in [-0.1, -0.05) is 13.8 Å². The molecular formula is C13H21N5O3. The van der Waals surface area contributed by atoms with Crippen LogP contribution in [-0.2, 0) is 0 Å². The molecule has 116 valence electrons. The number of aromatic nitrogens is 2. The van der Waals surface area contributed by atoms with Gasteiger partial charge >= 0.3 is 5.69 Å². The molecule has 0 bridgehead atoms. The molecule has 0 unspecified atom stereocenters. The number of nitro groups is 1. The number of nitrogens with two attached hydrogens (primary N) is 1. The molecule has 8 heteroatoms. The molecule has 0 saturated heterocycles. The maximum absolute atomic E-state index is 11.0. The summed E-state index contributed by atoms with van der Waals surface area (Å²) in [7, 11) is 0. The Bertz CT molecular complexity index is 537. The normalized spacial score (nSPS) is 20.0. The fourth-order valence-corrected chi connectivity index (χ4v) is 2.52. The third-order valence-corrected chi connectivity index (χ3v) is 4.15. The molecule has 1 saturated carbocycles. The summed E-state index contributed by atoms with van der Waals surface area (Å²) in [5, 5.41) is 24.4. The Labute approximate surface area is 122 Å². The quantitative estimate of drug-likeness (QED) is 0.570. The highest BCUT2D eigenvalue weighted by Crippen LogP contribution is 2.40. The van der Waals surface area contributed by atoms with Crippen molar-refractivity contribution in [2.75, 3.05) is 17.6 Å². The number of nitrogens with zero attached hydrogens (tertiary/aromatic N) is 3. The highest BCUT2D eigenvalue weighted by Gasteiger charge is 2.37. The summed E-state index contributed by atoms with van der Waals surface area (Å²) in [6, 6.07) is 0. The molecule has 2 rings (SSSR count). The maximum atomic E-state index is 11.0. The Morgan fingerprint density at radius 1 is 1.38 bits per heavy atom. The summed E-state index contributed by atoms with van der Waals surface area (Å²) in [5.74, 6) is -0.139. The van der Waals surface area contributed by atoms with Crippen molar-refractivity contribution >= 4 is 17.3 Å². The lowest BCUT2D eigenvalue weighted by Crippen LogP contribution is -2.42. The van der Waals surface area contributed by atoms with Crippen LogP contribution in [0.4, 0.5) is 17.3 Å². The van der Waals surface area contributed by atoms with Crippen molar-refractivity contribution < 1.29 is 10.0 Å². The van der Waals surface area contributed by atoms with Crippen molar-refractivity contribution in [1.82, 2.24) is 9.97 Å². The zero-order valence-electron chi connectivity index (χ0n) is 12.3. The third-order valence-electron chi connectivity index (χ3n) is 4.15. The Hall–Kier alpha value is -1.96. The monoisotopic (exact) mass is 295 g/mol. The van der Waals surface area contributed by atoms with Crippen molar-refractivity contribution in [2.45, 2.75) is 45.1 Å². The van der Waals surface area contributed by atoms with Gasteiger partial charge in [0.2, 0.25) is 11.6 Å². The molecule has 21 heavy (non-hydrogen) atoms. The van der Waals surface area contributed by atoms with Crippen LogP contribution < -0.4 is 11.1 Å². The minimum Gasteiger partial charge on any atom is -0.388 e. The summed E-state index contributed by atoms with van der Waals surface area (Å²) in [6.07, 6.45) is 4.31. The first-order valence-corrected chi connectivity index (χ1v) is 6.94. The van der Waals surface area contributed by atoms with E-state index in [4.69, 9.17) is 5.73 Å². The van der Waals surface area contributed by atoms with Crippen molar-refractivity contribution in [2.24, 2.45) is 5.41 Å². The van der Waals surface area contributed by atoms with Gasteiger partial charge in [-0.3, -0.25) is 10.1 Å². The van der Waals surface area contributed by atoms with E-state index in [0.717, 1.165) is 12.8 Å². The number of rotatable bonds is 4. The second kappa shape index (κ2) is 5.44. The second-order valence-electron chi connectivity index (χ2n) is 6.46. The molecule has 0 radical (unpaired) electrons. The number of nitrogen functional groups attached to an aromatic ring is 1. The van der Waals surface area contributed by atoms with Crippen LogP contribution in [0.5, 0.6) is 0 Å². The molecule has 4 N–H and O–H groups in total. The van der Waals surface area contributed by atoms with Gasteiger partial charge in [-0.25, -0.2) is 9.97 Å². The highest BCUT2D eigenvalue weighted by molar-refractivity contribution is 5.67. The fourth-order valence-electron chi connectivity index (χ4n) is 2.52. The molecule has 0 spiro atoms. The van der Waals surface area contributed by atoms with E-state index < -0.39 is 10.5 Å². The molecule has 8 nitrogen and oxygen atoms in total. The van der Waals surface area contributed by atoms with E-state index in [9.17, 15) is 15.2 Å². The number of anilines is 2. The van der Waals surface area contributed by atoms with Gasteiger partial charge in [-0.15, -0.1) is 0 Å². The molecular weight excluding hydrogens is 274 g/mol. The van der Waals surface area contributed by atoms with Crippen LogP contribution in [0.2, 0.25) is 0 Å². The lowest BCUT2D eigenvalue weighted by Gasteiger charge is -2.40. The van der Waals surface area contributed by atoms with Crippen LogP contribution in [0.25, 0.3) is 0 Å².